The third kappa shape index (κ3) is 6.45. The smallest absolute Gasteiger partial charge is 0.379 e. The van der Waals surface area contributed by atoms with E-state index in [0.717, 1.165) is 5.56 Å². The molecular weight excluding hydrogens is 568 g/mol. The number of ether oxygens (including phenoxy) is 3. The number of carbonyl (C=O) groups is 2. The number of allylic oxidation sites excluding steroid dienone is 1. The summed E-state index contributed by atoms with van der Waals surface area (Å²) in [5.41, 5.74) is 3.11. The predicted octanol–water partition coefficient (Wildman–Crippen LogP) is 4.53. The zero-order valence-electron chi connectivity index (χ0n) is 24.6. The van der Waals surface area contributed by atoms with E-state index in [1.165, 1.54) is 40.9 Å². The summed E-state index contributed by atoms with van der Waals surface area (Å²) in [6, 6.07) is 17.0. The fraction of sp³-hybridized carbons (Fsp3) is 0.273. The lowest BCUT2D eigenvalue weighted by molar-refractivity contribution is -0.140. The van der Waals surface area contributed by atoms with Gasteiger partial charge in [0.1, 0.15) is 12.4 Å². The van der Waals surface area contributed by atoms with Crippen LogP contribution in [-0.4, -0.2) is 36.8 Å². The third-order valence-electron chi connectivity index (χ3n) is 6.97. The summed E-state index contributed by atoms with van der Waals surface area (Å²) in [5.74, 6) is -0.881. The maximum Gasteiger partial charge on any atom is 0.379 e. The van der Waals surface area contributed by atoms with Crippen LogP contribution in [0.25, 0.3) is 6.08 Å². The molecule has 1 unspecified atom stereocenters. The Kier molecular flexibility index (Phi) is 8.61. The highest BCUT2D eigenvalue weighted by atomic mass is 32.1. The fourth-order valence-electron chi connectivity index (χ4n) is 4.69. The van der Waals surface area contributed by atoms with Crippen molar-refractivity contribution in [3.05, 3.63) is 120 Å². The topological polar surface area (TPSA) is 109 Å². The highest BCUT2D eigenvalue weighted by molar-refractivity contribution is 7.07. The van der Waals surface area contributed by atoms with Gasteiger partial charge in [-0.25, -0.2) is 14.6 Å². The average Bonchev–Trinajstić information content (AvgIpc) is 3.61. The van der Waals surface area contributed by atoms with Crippen molar-refractivity contribution < 1.29 is 28.2 Å². The summed E-state index contributed by atoms with van der Waals surface area (Å²) < 4.78 is 23.0. The Morgan fingerprint density at radius 1 is 1.02 bits per heavy atom. The van der Waals surface area contributed by atoms with Crippen molar-refractivity contribution in [1.82, 2.24) is 4.57 Å². The summed E-state index contributed by atoms with van der Waals surface area (Å²) in [6.45, 7) is 8.45. The molecule has 5 rings (SSSR count). The van der Waals surface area contributed by atoms with Crippen LogP contribution in [0.2, 0.25) is 0 Å². The van der Waals surface area contributed by atoms with E-state index >= 15 is 0 Å². The Labute approximate surface area is 252 Å². The van der Waals surface area contributed by atoms with E-state index in [4.69, 9.17) is 18.6 Å². The van der Waals surface area contributed by atoms with Crippen LogP contribution in [0.3, 0.4) is 0 Å². The maximum atomic E-state index is 13.9. The molecule has 2 aromatic carbocycles. The molecule has 0 N–H and O–H groups in total. The van der Waals surface area contributed by atoms with Crippen molar-refractivity contribution in [2.75, 3.05) is 20.3 Å². The lowest BCUT2D eigenvalue weighted by Gasteiger charge is -2.25. The average molecular weight is 601 g/mol. The number of rotatable bonds is 8. The van der Waals surface area contributed by atoms with E-state index in [1.807, 2.05) is 18.2 Å². The Morgan fingerprint density at radius 2 is 1.74 bits per heavy atom. The van der Waals surface area contributed by atoms with Crippen LogP contribution in [-0.2, 0) is 19.7 Å². The van der Waals surface area contributed by atoms with Gasteiger partial charge in [0.05, 0.1) is 34.7 Å². The zero-order valence-corrected chi connectivity index (χ0v) is 25.4. The molecular formula is C33H32N2O7S. The van der Waals surface area contributed by atoms with Gasteiger partial charge in [0.15, 0.2) is 4.80 Å². The van der Waals surface area contributed by atoms with Gasteiger partial charge >= 0.3 is 11.9 Å². The van der Waals surface area contributed by atoms with Crippen LogP contribution < -0.4 is 19.6 Å². The summed E-state index contributed by atoms with van der Waals surface area (Å²) in [6.07, 6.45) is 3.22. The van der Waals surface area contributed by atoms with Gasteiger partial charge in [0.2, 0.25) is 5.76 Å². The highest BCUT2D eigenvalue weighted by Gasteiger charge is 2.33. The normalized spacial score (nSPS) is 15.2. The SMILES string of the molecule is COCCOC(=O)C1=C(C)N=c2s/c(=C/c3ccc(C(C)(C)C)cc3)c(=O)n2C1c1ccc(OC(=O)c2ccco2)cc1. The van der Waals surface area contributed by atoms with E-state index < -0.39 is 18.0 Å². The molecule has 10 heteroatoms. The van der Waals surface area contributed by atoms with Crippen molar-refractivity contribution in [1.29, 1.82) is 0 Å². The van der Waals surface area contributed by atoms with Gasteiger partial charge in [-0.15, -0.1) is 0 Å². The van der Waals surface area contributed by atoms with Crippen molar-refractivity contribution in [3.8, 4) is 5.75 Å². The van der Waals surface area contributed by atoms with Gasteiger partial charge in [0.25, 0.3) is 5.56 Å². The van der Waals surface area contributed by atoms with E-state index in [9.17, 15) is 14.4 Å². The van der Waals surface area contributed by atoms with Crippen molar-refractivity contribution in [2.45, 2.75) is 39.2 Å². The predicted molar refractivity (Wildman–Crippen MR) is 162 cm³/mol. The molecule has 9 nitrogen and oxygen atoms in total. The highest BCUT2D eigenvalue weighted by Crippen LogP contribution is 2.32. The maximum absolute atomic E-state index is 13.9. The molecule has 0 amide bonds. The third-order valence-corrected chi connectivity index (χ3v) is 7.95. The van der Waals surface area contributed by atoms with Crippen LogP contribution in [0.15, 0.2) is 92.4 Å². The Balaban J connectivity index is 1.55. The van der Waals surface area contributed by atoms with Crippen LogP contribution in [0.1, 0.15) is 61.0 Å². The molecule has 4 aromatic rings. The second kappa shape index (κ2) is 12.4. The molecule has 0 radical (unpaired) electrons. The molecule has 43 heavy (non-hydrogen) atoms. The van der Waals surface area contributed by atoms with Crippen molar-refractivity contribution in [3.63, 3.8) is 0 Å². The Bertz CT molecular complexity index is 1840. The molecule has 1 aliphatic heterocycles. The van der Waals surface area contributed by atoms with E-state index in [-0.39, 0.29) is 41.3 Å². The lowest BCUT2D eigenvalue weighted by Crippen LogP contribution is -2.40. The molecule has 0 fully saturated rings. The Hall–Kier alpha value is -4.54. The van der Waals surface area contributed by atoms with Crippen LogP contribution in [0.5, 0.6) is 5.75 Å². The number of nitrogens with zero attached hydrogens (tertiary/aromatic N) is 2. The number of methoxy groups -OCH3 is 1. The second-order valence-corrected chi connectivity index (χ2v) is 12.0. The van der Waals surface area contributed by atoms with E-state index in [1.54, 1.807) is 37.3 Å². The lowest BCUT2D eigenvalue weighted by atomic mass is 9.87. The first-order chi connectivity index (χ1) is 20.6. The molecule has 222 valence electrons. The second-order valence-electron chi connectivity index (χ2n) is 11.0. The number of thiazole rings is 1. The minimum atomic E-state index is -0.813. The van der Waals surface area contributed by atoms with Gasteiger partial charge in [-0.1, -0.05) is 68.5 Å². The van der Waals surface area contributed by atoms with Crippen molar-refractivity contribution in [2.24, 2.45) is 4.99 Å². The van der Waals surface area contributed by atoms with Crippen molar-refractivity contribution >= 4 is 29.4 Å². The number of furan rings is 1. The molecule has 1 aliphatic rings. The first-order valence-corrected chi connectivity index (χ1v) is 14.5. The molecule has 3 heterocycles. The molecule has 0 saturated carbocycles. The summed E-state index contributed by atoms with van der Waals surface area (Å²) in [5, 5.41) is 0. The first kappa shape index (κ1) is 29.9. The van der Waals surface area contributed by atoms with E-state index in [0.29, 0.717) is 20.6 Å². The summed E-state index contributed by atoms with van der Waals surface area (Å²) in [7, 11) is 1.52. The van der Waals surface area contributed by atoms with Crippen LogP contribution >= 0.6 is 11.3 Å². The number of esters is 2. The minimum Gasteiger partial charge on any atom is -0.460 e. The first-order valence-electron chi connectivity index (χ1n) is 13.7. The monoisotopic (exact) mass is 600 g/mol. The van der Waals surface area contributed by atoms with Gasteiger partial charge in [0, 0.05) is 7.11 Å². The number of fused-ring (bicyclic) bond motifs is 1. The molecule has 1 atom stereocenters. The van der Waals surface area contributed by atoms with Crippen LogP contribution in [0, 0.1) is 0 Å². The van der Waals surface area contributed by atoms with Gasteiger partial charge in [-0.3, -0.25) is 9.36 Å². The molecule has 0 aliphatic carbocycles. The fourth-order valence-corrected chi connectivity index (χ4v) is 5.74. The summed E-state index contributed by atoms with van der Waals surface area (Å²) >= 11 is 1.26. The van der Waals surface area contributed by atoms with Gasteiger partial charge < -0.3 is 18.6 Å². The summed E-state index contributed by atoms with van der Waals surface area (Å²) in [4.78, 5) is 44.7. The Morgan fingerprint density at radius 3 is 2.37 bits per heavy atom. The van der Waals surface area contributed by atoms with E-state index in [2.05, 4.69) is 37.9 Å². The quantitative estimate of drug-likeness (QED) is 0.166. The molecule has 0 spiro atoms. The molecule has 0 saturated heterocycles. The van der Waals surface area contributed by atoms with Crippen LogP contribution in [0.4, 0.5) is 0 Å². The number of benzene rings is 2. The number of aromatic nitrogens is 1. The number of carbonyl (C=O) groups excluding carboxylic acids is 2. The van der Waals surface area contributed by atoms with Gasteiger partial charge in [-0.05, 0) is 59.4 Å². The largest absolute Gasteiger partial charge is 0.460 e. The zero-order chi connectivity index (χ0) is 30.7. The molecule has 0 bridgehead atoms. The minimum absolute atomic E-state index is 0.0102. The molecule has 2 aromatic heterocycles. The number of hydrogen-bond acceptors (Lipinski definition) is 9. The number of hydrogen-bond donors (Lipinski definition) is 0. The van der Waals surface area contributed by atoms with Gasteiger partial charge in [-0.2, -0.15) is 0 Å². The standard InChI is InChI=1S/C33H32N2O7S/c1-20-27(31(38)41-18-17-39-5)28(22-10-14-24(15-11-22)42-30(37)25-7-6-16-40-25)35-29(36)26(43-32(35)34-20)19-21-8-12-23(13-9-21)33(2,3)4/h6-16,19,28H,17-18H2,1-5H3/b26-19+.